The highest BCUT2D eigenvalue weighted by atomic mass is 16.6. The Balaban J connectivity index is 1.74. The molecule has 2 saturated heterocycles. The van der Waals surface area contributed by atoms with E-state index in [0.717, 1.165) is 5.56 Å². The van der Waals surface area contributed by atoms with Gasteiger partial charge in [-0.05, 0) is 43.6 Å². The average molecular weight is 558 g/mol. The molecule has 2 heterocycles. The number of hydrogen-bond donors (Lipinski definition) is 2. The zero-order valence-corrected chi connectivity index (χ0v) is 24.7. The van der Waals surface area contributed by atoms with Gasteiger partial charge in [0, 0.05) is 25.4 Å². The Kier molecular flexibility index (Phi) is 11.8. The molecule has 0 spiro atoms. The van der Waals surface area contributed by atoms with Crippen LogP contribution in [0.5, 0.6) is 0 Å². The lowest BCUT2D eigenvalue weighted by Gasteiger charge is -2.28. The summed E-state index contributed by atoms with van der Waals surface area (Å²) in [4.78, 5) is 55.4. The lowest BCUT2D eigenvalue weighted by atomic mass is 9.88. The average Bonchev–Trinajstić information content (AvgIpc) is 3.66. The fraction of sp³-hybridized carbons (Fsp3) is 0.677. The van der Waals surface area contributed by atoms with E-state index in [4.69, 9.17) is 9.47 Å². The number of benzene rings is 1. The second-order valence-electron chi connectivity index (χ2n) is 12.3. The zero-order valence-electron chi connectivity index (χ0n) is 24.7. The van der Waals surface area contributed by atoms with E-state index >= 15 is 0 Å². The summed E-state index contributed by atoms with van der Waals surface area (Å²) in [5, 5.41) is 5.91. The number of rotatable bonds is 16. The van der Waals surface area contributed by atoms with Crippen LogP contribution in [0.1, 0.15) is 59.4 Å². The van der Waals surface area contributed by atoms with Crippen molar-refractivity contribution < 1.29 is 28.7 Å². The number of carbonyl (C=O) groups is 4. The number of ether oxygens (including phenoxy) is 2. The number of nitrogens with zero attached hydrogens (tertiary/aromatic N) is 1. The molecule has 0 bridgehead atoms. The van der Waals surface area contributed by atoms with Gasteiger partial charge in [0.05, 0.1) is 38.4 Å². The van der Waals surface area contributed by atoms with Gasteiger partial charge >= 0.3 is 0 Å². The molecular weight excluding hydrogens is 510 g/mol. The van der Waals surface area contributed by atoms with Crippen LogP contribution >= 0.6 is 0 Å². The van der Waals surface area contributed by atoms with Crippen molar-refractivity contribution in [1.82, 2.24) is 15.5 Å². The maximum absolute atomic E-state index is 13.7. The van der Waals surface area contributed by atoms with E-state index in [1.807, 2.05) is 62.9 Å². The lowest BCUT2D eigenvalue weighted by Crippen LogP contribution is -2.50. The molecule has 0 saturated carbocycles. The smallest absolute Gasteiger partial charge is 0.234 e. The predicted molar refractivity (Wildman–Crippen MR) is 153 cm³/mol. The first kappa shape index (κ1) is 31.9. The molecule has 9 nitrogen and oxygen atoms in total. The molecule has 4 atom stereocenters. The molecule has 0 radical (unpaired) electrons. The molecule has 1 aromatic rings. The van der Waals surface area contributed by atoms with Crippen LogP contribution in [0.25, 0.3) is 0 Å². The SMILES string of the molecule is CC(C)C[C@H](NC(=O)CN1CCOCC1)C(=O)C[C@@H](Cc1ccccc1)C(=O)N[C@@H](CC(C)C)C(=O)C1(C)CO1. The maximum Gasteiger partial charge on any atom is 0.234 e. The summed E-state index contributed by atoms with van der Waals surface area (Å²) in [5.41, 5.74) is 0.0708. The van der Waals surface area contributed by atoms with Crippen molar-refractivity contribution in [2.24, 2.45) is 17.8 Å². The molecule has 1 aromatic carbocycles. The quantitative estimate of drug-likeness (QED) is 0.300. The molecule has 2 aliphatic heterocycles. The molecule has 0 aliphatic carbocycles. The van der Waals surface area contributed by atoms with Crippen molar-refractivity contribution >= 4 is 23.4 Å². The van der Waals surface area contributed by atoms with E-state index < -0.39 is 23.6 Å². The van der Waals surface area contributed by atoms with E-state index in [-0.39, 0.29) is 48.2 Å². The van der Waals surface area contributed by atoms with Gasteiger partial charge in [-0.1, -0.05) is 58.0 Å². The summed E-state index contributed by atoms with van der Waals surface area (Å²) >= 11 is 0. The Morgan fingerprint density at radius 3 is 2.10 bits per heavy atom. The number of amides is 2. The van der Waals surface area contributed by atoms with Crippen LogP contribution in [0.15, 0.2) is 30.3 Å². The molecular formula is C31H47N3O6. The first-order valence-corrected chi connectivity index (χ1v) is 14.6. The molecule has 1 unspecified atom stereocenters. The largest absolute Gasteiger partial charge is 0.379 e. The van der Waals surface area contributed by atoms with E-state index in [1.54, 1.807) is 6.92 Å². The van der Waals surface area contributed by atoms with E-state index in [0.29, 0.717) is 52.2 Å². The van der Waals surface area contributed by atoms with Crippen LogP contribution in [0.3, 0.4) is 0 Å². The second kappa shape index (κ2) is 14.8. The number of epoxide rings is 1. The normalized spacial score (nSPS) is 21.5. The number of morpholine rings is 1. The number of carbonyl (C=O) groups excluding carboxylic acids is 4. The first-order chi connectivity index (χ1) is 19.0. The van der Waals surface area contributed by atoms with Crippen molar-refractivity contribution in [3.05, 3.63) is 35.9 Å². The molecule has 9 heteroatoms. The van der Waals surface area contributed by atoms with Crippen molar-refractivity contribution in [3.63, 3.8) is 0 Å². The molecule has 2 fully saturated rings. The molecule has 2 N–H and O–H groups in total. The van der Waals surface area contributed by atoms with Gasteiger partial charge in [-0.25, -0.2) is 0 Å². The lowest BCUT2D eigenvalue weighted by molar-refractivity contribution is -0.135. The minimum Gasteiger partial charge on any atom is -0.379 e. The van der Waals surface area contributed by atoms with Gasteiger partial charge in [-0.2, -0.15) is 0 Å². The summed E-state index contributed by atoms with van der Waals surface area (Å²) in [7, 11) is 0. The minimum absolute atomic E-state index is 0.0354. The Morgan fingerprint density at radius 2 is 1.52 bits per heavy atom. The van der Waals surface area contributed by atoms with Gasteiger partial charge in [0.25, 0.3) is 0 Å². The Labute approximate surface area is 238 Å². The second-order valence-corrected chi connectivity index (χ2v) is 12.3. The molecule has 222 valence electrons. The van der Waals surface area contributed by atoms with Gasteiger partial charge in [0.15, 0.2) is 11.6 Å². The number of Topliss-reactive ketones (excluding diaryl/α,β-unsaturated/α-hetero) is 2. The summed E-state index contributed by atoms with van der Waals surface area (Å²) in [5.74, 6) is -1.17. The number of ketones is 2. The minimum atomic E-state index is -0.856. The van der Waals surface area contributed by atoms with Crippen LogP contribution in [0.4, 0.5) is 0 Å². The maximum atomic E-state index is 13.7. The highest BCUT2D eigenvalue weighted by Crippen LogP contribution is 2.30. The van der Waals surface area contributed by atoms with E-state index in [1.165, 1.54) is 0 Å². The summed E-state index contributed by atoms with van der Waals surface area (Å²) in [6, 6.07) is 8.18. The molecule has 2 amide bonds. The highest BCUT2D eigenvalue weighted by Gasteiger charge is 2.50. The van der Waals surface area contributed by atoms with Gasteiger partial charge in [0.2, 0.25) is 11.8 Å². The Hall–Kier alpha value is -2.62. The van der Waals surface area contributed by atoms with Crippen molar-refractivity contribution in [2.75, 3.05) is 39.5 Å². The first-order valence-electron chi connectivity index (χ1n) is 14.6. The van der Waals surface area contributed by atoms with E-state index in [9.17, 15) is 19.2 Å². The molecule has 3 rings (SSSR count). The van der Waals surface area contributed by atoms with Crippen molar-refractivity contribution in [1.29, 1.82) is 0 Å². The topological polar surface area (TPSA) is 117 Å². The van der Waals surface area contributed by atoms with Crippen LogP contribution in [0.2, 0.25) is 0 Å². The standard InChI is InChI=1S/C31H47N3O6/c1-21(2)15-25(32-28(36)19-34-11-13-39-14-12-34)27(35)18-24(17-23-9-7-6-8-10-23)30(38)33-26(16-22(3)4)29(37)31(5)20-40-31/h6-10,21-22,24-26H,11-20H2,1-5H3,(H,32,36)(H,33,38)/t24-,25+,26+,31?/m1/s1. The van der Waals surface area contributed by atoms with Crippen LogP contribution in [-0.2, 0) is 35.1 Å². The Morgan fingerprint density at radius 1 is 0.925 bits per heavy atom. The third-order valence-corrected chi connectivity index (χ3v) is 7.48. The highest BCUT2D eigenvalue weighted by molar-refractivity contribution is 5.98. The molecule has 2 aliphatic rings. The van der Waals surface area contributed by atoms with Crippen LogP contribution in [-0.4, -0.2) is 85.4 Å². The number of hydrogen-bond acceptors (Lipinski definition) is 7. The predicted octanol–water partition coefficient (Wildman–Crippen LogP) is 2.56. The number of nitrogens with one attached hydrogen (secondary N) is 2. The fourth-order valence-corrected chi connectivity index (χ4v) is 5.10. The molecule has 40 heavy (non-hydrogen) atoms. The van der Waals surface area contributed by atoms with Crippen molar-refractivity contribution in [2.45, 2.75) is 78.0 Å². The Bertz CT molecular complexity index is 1000. The summed E-state index contributed by atoms with van der Waals surface area (Å²) < 4.78 is 10.7. The third kappa shape index (κ3) is 10.1. The van der Waals surface area contributed by atoms with Crippen LogP contribution < -0.4 is 10.6 Å². The third-order valence-electron chi connectivity index (χ3n) is 7.48. The zero-order chi connectivity index (χ0) is 29.3. The molecule has 0 aromatic heterocycles. The fourth-order valence-electron chi connectivity index (χ4n) is 5.10. The summed E-state index contributed by atoms with van der Waals surface area (Å²) in [6.07, 6.45) is 1.29. The van der Waals surface area contributed by atoms with Gasteiger partial charge in [-0.3, -0.25) is 24.1 Å². The van der Waals surface area contributed by atoms with Gasteiger partial charge in [0.1, 0.15) is 5.60 Å². The van der Waals surface area contributed by atoms with Gasteiger partial charge in [-0.15, -0.1) is 0 Å². The summed E-state index contributed by atoms with van der Waals surface area (Å²) in [6.45, 7) is 12.8. The van der Waals surface area contributed by atoms with E-state index in [2.05, 4.69) is 10.6 Å². The monoisotopic (exact) mass is 557 g/mol. The van der Waals surface area contributed by atoms with Crippen molar-refractivity contribution in [3.8, 4) is 0 Å². The van der Waals surface area contributed by atoms with Crippen LogP contribution in [0, 0.1) is 17.8 Å². The van der Waals surface area contributed by atoms with Gasteiger partial charge < -0.3 is 20.1 Å².